The fraction of sp³-hybridized carbons (Fsp3) is 0.0667. The van der Waals surface area contributed by atoms with Crippen LogP contribution >= 0.6 is 0 Å². The van der Waals surface area contributed by atoms with E-state index in [0.29, 0.717) is 0 Å². The highest BCUT2D eigenvalue weighted by atomic mass is 16.3. The lowest BCUT2D eigenvalue weighted by atomic mass is 10.1. The summed E-state index contributed by atoms with van der Waals surface area (Å²) < 4.78 is 11.0. The van der Waals surface area contributed by atoms with E-state index in [0.717, 1.165) is 32.0 Å². The van der Waals surface area contributed by atoms with E-state index < -0.39 is 0 Å². The van der Waals surface area contributed by atoms with Gasteiger partial charge in [-0.2, -0.15) is 0 Å². The molecule has 0 amide bonds. The zero-order valence-corrected chi connectivity index (χ0v) is 9.57. The van der Waals surface area contributed by atoms with Gasteiger partial charge < -0.3 is 8.83 Å². The van der Waals surface area contributed by atoms with Crippen LogP contribution in [0, 0.1) is 10.6 Å². The van der Waals surface area contributed by atoms with E-state index in [9.17, 15) is 0 Å². The number of fused-ring (bicyclic) bond motifs is 1. The molecule has 2 heterocycles. The lowest BCUT2D eigenvalue weighted by molar-refractivity contribution is 0.533. The molecule has 1 aromatic carbocycles. The normalized spacial score (nSPS) is 14.5. The fourth-order valence-corrected chi connectivity index (χ4v) is 2.11. The minimum absolute atomic E-state index is 0.802. The van der Waals surface area contributed by atoms with Crippen LogP contribution in [0.3, 0.4) is 0 Å². The van der Waals surface area contributed by atoms with Crippen molar-refractivity contribution >= 4 is 23.6 Å². The smallest absolute Gasteiger partial charge is 0.141 e. The van der Waals surface area contributed by atoms with E-state index >= 15 is 0 Å². The Bertz CT molecular complexity index is 866. The summed E-state index contributed by atoms with van der Waals surface area (Å²) in [6.45, 7) is 5.95. The predicted octanol–water partition coefficient (Wildman–Crippen LogP) is 2.52. The Hall–Kier alpha value is -2.22. The molecule has 2 heteroatoms. The molecule has 0 saturated heterocycles. The van der Waals surface area contributed by atoms with Gasteiger partial charge in [-0.05, 0) is 25.1 Å². The quantitative estimate of drug-likeness (QED) is 0.586. The van der Waals surface area contributed by atoms with Crippen molar-refractivity contribution in [2.24, 2.45) is 0 Å². The van der Waals surface area contributed by atoms with Crippen molar-refractivity contribution in [3.8, 4) is 0 Å². The summed E-state index contributed by atoms with van der Waals surface area (Å²) >= 11 is 0. The van der Waals surface area contributed by atoms with Crippen molar-refractivity contribution in [3.05, 3.63) is 57.9 Å². The van der Waals surface area contributed by atoms with Gasteiger partial charge in [0.05, 0.1) is 12.5 Å². The van der Waals surface area contributed by atoms with Crippen LogP contribution < -0.4 is 10.4 Å². The SMILES string of the molecule is C=c1cco/c1=c1\ccc2ccoc2\c1=C\C. The predicted molar refractivity (Wildman–Crippen MR) is 67.5 cm³/mol. The Balaban J connectivity index is 2.75. The number of rotatable bonds is 0. The zero-order valence-electron chi connectivity index (χ0n) is 9.57. The van der Waals surface area contributed by atoms with Gasteiger partial charge in [0.1, 0.15) is 11.0 Å². The molecular formula is C15H12O2. The summed E-state index contributed by atoms with van der Waals surface area (Å²) in [5.74, 6) is 0. The second-order valence-corrected chi connectivity index (χ2v) is 3.93. The van der Waals surface area contributed by atoms with E-state index in [-0.39, 0.29) is 0 Å². The van der Waals surface area contributed by atoms with E-state index in [1.165, 1.54) is 0 Å². The maximum Gasteiger partial charge on any atom is 0.141 e. The third-order valence-corrected chi connectivity index (χ3v) is 2.94. The molecule has 3 rings (SSSR count). The highest BCUT2D eigenvalue weighted by molar-refractivity contribution is 5.78. The van der Waals surface area contributed by atoms with Crippen LogP contribution in [0.4, 0.5) is 0 Å². The average Bonchev–Trinajstić information content (AvgIpc) is 2.95. The van der Waals surface area contributed by atoms with Gasteiger partial charge in [-0.25, -0.2) is 0 Å². The second kappa shape index (κ2) is 3.67. The molecule has 0 spiro atoms. The van der Waals surface area contributed by atoms with Gasteiger partial charge in [0, 0.05) is 21.0 Å². The summed E-state index contributed by atoms with van der Waals surface area (Å²) in [5, 5.41) is 4.05. The molecular weight excluding hydrogens is 212 g/mol. The monoisotopic (exact) mass is 224 g/mol. The number of hydrogen-bond acceptors (Lipinski definition) is 2. The third-order valence-electron chi connectivity index (χ3n) is 2.94. The lowest BCUT2D eigenvalue weighted by Crippen LogP contribution is -2.06. The maximum atomic E-state index is 5.53. The van der Waals surface area contributed by atoms with Crippen molar-refractivity contribution in [2.75, 3.05) is 0 Å². The van der Waals surface area contributed by atoms with Crippen molar-refractivity contribution in [1.29, 1.82) is 0 Å². The maximum absolute atomic E-state index is 5.53. The van der Waals surface area contributed by atoms with Crippen LogP contribution in [0.5, 0.6) is 0 Å². The van der Waals surface area contributed by atoms with Crippen molar-refractivity contribution < 1.29 is 8.83 Å². The minimum atomic E-state index is 0.802. The molecule has 0 atom stereocenters. The molecule has 0 aliphatic carbocycles. The molecule has 2 nitrogen and oxygen atoms in total. The van der Waals surface area contributed by atoms with Crippen molar-refractivity contribution in [1.82, 2.24) is 0 Å². The summed E-state index contributed by atoms with van der Waals surface area (Å²) in [4.78, 5) is 0. The Kier molecular flexibility index (Phi) is 2.15. The summed E-state index contributed by atoms with van der Waals surface area (Å²) in [7, 11) is 0. The van der Waals surface area contributed by atoms with Gasteiger partial charge in [0.25, 0.3) is 0 Å². The van der Waals surface area contributed by atoms with Crippen LogP contribution in [0.25, 0.3) is 23.6 Å². The van der Waals surface area contributed by atoms with E-state index in [1.807, 2.05) is 37.3 Å². The molecule has 3 aromatic rings. The van der Waals surface area contributed by atoms with Gasteiger partial charge in [0.15, 0.2) is 0 Å². The number of benzene rings is 1. The van der Waals surface area contributed by atoms with Gasteiger partial charge in [-0.1, -0.05) is 18.7 Å². The molecule has 0 fully saturated rings. The number of furan rings is 2. The Morgan fingerprint density at radius 1 is 1.06 bits per heavy atom. The first-order valence-corrected chi connectivity index (χ1v) is 5.50. The lowest BCUT2D eigenvalue weighted by Gasteiger charge is -1.92. The van der Waals surface area contributed by atoms with Crippen LogP contribution in [0.2, 0.25) is 0 Å². The second-order valence-electron chi connectivity index (χ2n) is 3.93. The standard InChI is InChI=1S/C15H12O2/c1-3-12-13(14-10(2)6-8-16-14)5-4-11-7-9-17-15(11)12/h3-9H,2H2,1H3/b12-3+,14-13+. The van der Waals surface area contributed by atoms with Crippen LogP contribution in [-0.4, -0.2) is 0 Å². The summed E-state index contributed by atoms with van der Waals surface area (Å²) in [6.07, 6.45) is 5.39. The van der Waals surface area contributed by atoms with Gasteiger partial charge in [-0.3, -0.25) is 0 Å². The average molecular weight is 224 g/mol. The molecule has 0 radical (unpaired) electrons. The highest BCUT2D eigenvalue weighted by Gasteiger charge is 2.00. The minimum Gasteiger partial charge on any atom is -0.464 e. The van der Waals surface area contributed by atoms with Gasteiger partial charge >= 0.3 is 0 Å². The summed E-state index contributed by atoms with van der Waals surface area (Å²) in [5.41, 5.74) is 1.69. The molecule has 0 saturated carbocycles. The zero-order chi connectivity index (χ0) is 11.8. The van der Waals surface area contributed by atoms with Gasteiger partial charge in [0.2, 0.25) is 0 Å². The molecule has 84 valence electrons. The molecule has 2 aromatic heterocycles. The van der Waals surface area contributed by atoms with E-state index in [4.69, 9.17) is 8.83 Å². The van der Waals surface area contributed by atoms with E-state index in [1.54, 1.807) is 12.5 Å². The molecule has 0 aliphatic rings. The van der Waals surface area contributed by atoms with Crippen LogP contribution in [-0.2, 0) is 0 Å². The van der Waals surface area contributed by atoms with Gasteiger partial charge in [-0.15, -0.1) is 0 Å². The first-order chi connectivity index (χ1) is 8.31. The topological polar surface area (TPSA) is 26.3 Å². The number of hydrogen-bond donors (Lipinski definition) is 0. The molecule has 17 heavy (non-hydrogen) atoms. The van der Waals surface area contributed by atoms with Crippen LogP contribution in [0.1, 0.15) is 6.92 Å². The molecule has 0 N–H and O–H groups in total. The van der Waals surface area contributed by atoms with Crippen LogP contribution in [0.15, 0.2) is 45.6 Å². The molecule has 0 aliphatic heterocycles. The highest BCUT2D eigenvalue weighted by Crippen LogP contribution is 2.10. The fourth-order valence-electron chi connectivity index (χ4n) is 2.11. The molecule has 0 bridgehead atoms. The first kappa shape index (κ1) is 9.97. The molecule has 0 unspecified atom stereocenters. The van der Waals surface area contributed by atoms with Crippen molar-refractivity contribution in [3.63, 3.8) is 0 Å². The largest absolute Gasteiger partial charge is 0.464 e. The third kappa shape index (κ3) is 1.41. The van der Waals surface area contributed by atoms with Crippen molar-refractivity contribution in [2.45, 2.75) is 6.92 Å². The van der Waals surface area contributed by atoms with E-state index in [2.05, 4.69) is 6.58 Å². The summed E-state index contributed by atoms with van der Waals surface area (Å²) in [6, 6.07) is 7.89. The first-order valence-electron chi connectivity index (χ1n) is 5.50. The Morgan fingerprint density at radius 3 is 2.59 bits per heavy atom. The Labute approximate surface area is 97.8 Å². The Morgan fingerprint density at radius 2 is 1.88 bits per heavy atom.